The molecule has 118 valence electrons. The number of benzene rings is 2. The van der Waals surface area contributed by atoms with E-state index in [4.69, 9.17) is 27.6 Å². The van der Waals surface area contributed by atoms with Crippen LogP contribution in [0.5, 0.6) is 0 Å². The Labute approximate surface area is 146 Å². The fraction of sp³-hybridized carbons (Fsp3) is 0.158. The second-order valence-corrected chi connectivity index (χ2v) is 6.14. The third kappa shape index (κ3) is 4.38. The van der Waals surface area contributed by atoms with Crippen LogP contribution in [0.25, 0.3) is 11.3 Å². The van der Waals surface area contributed by atoms with Gasteiger partial charge in [0, 0.05) is 15.6 Å². The van der Waals surface area contributed by atoms with Gasteiger partial charge in [0.2, 0.25) is 0 Å². The van der Waals surface area contributed by atoms with E-state index in [9.17, 15) is 0 Å². The van der Waals surface area contributed by atoms with Crippen LogP contribution in [-0.2, 0) is 13.0 Å². The Morgan fingerprint density at radius 3 is 2.52 bits per heavy atom. The van der Waals surface area contributed by atoms with E-state index in [1.165, 1.54) is 0 Å². The van der Waals surface area contributed by atoms with Crippen molar-refractivity contribution in [3.8, 4) is 11.3 Å². The third-order valence-corrected chi connectivity index (χ3v) is 4.19. The van der Waals surface area contributed by atoms with Gasteiger partial charge >= 0.3 is 0 Å². The lowest BCUT2D eigenvalue weighted by Gasteiger charge is -2.06. The number of halogens is 2. The molecule has 0 bridgehead atoms. The van der Waals surface area contributed by atoms with Gasteiger partial charge in [-0.15, -0.1) is 0 Å². The second kappa shape index (κ2) is 7.69. The van der Waals surface area contributed by atoms with Gasteiger partial charge in [-0.3, -0.25) is 0 Å². The van der Waals surface area contributed by atoms with Crippen molar-refractivity contribution in [2.75, 3.05) is 6.54 Å². The first-order valence-electron chi connectivity index (χ1n) is 7.51. The van der Waals surface area contributed by atoms with Gasteiger partial charge in [0.05, 0.1) is 6.54 Å². The number of nitrogens with one attached hydrogen (secondary N) is 1. The van der Waals surface area contributed by atoms with Crippen LogP contribution in [0.15, 0.2) is 65.1 Å². The van der Waals surface area contributed by atoms with Crippen LogP contribution in [0.4, 0.5) is 0 Å². The molecular weight excluding hydrogens is 329 g/mol. The quantitative estimate of drug-likeness (QED) is 0.589. The molecule has 0 amide bonds. The molecule has 2 aromatic carbocycles. The van der Waals surface area contributed by atoms with Gasteiger partial charge in [0.25, 0.3) is 0 Å². The summed E-state index contributed by atoms with van der Waals surface area (Å²) >= 11 is 12.1. The van der Waals surface area contributed by atoms with E-state index >= 15 is 0 Å². The lowest BCUT2D eigenvalue weighted by Crippen LogP contribution is -2.16. The van der Waals surface area contributed by atoms with E-state index < -0.39 is 0 Å². The standard InChI is InChI=1S/C19H17Cl2NO/c20-16-7-6-14(18(21)12-16)10-11-22-13-17-8-9-19(23-17)15-4-2-1-3-5-15/h1-9,12,22H,10-11,13H2. The van der Waals surface area contributed by atoms with Crippen molar-refractivity contribution in [2.45, 2.75) is 13.0 Å². The van der Waals surface area contributed by atoms with Crippen LogP contribution >= 0.6 is 23.2 Å². The van der Waals surface area contributed by atoms with Gasteiger partial charge in [-0.25, -0.2) is 0 Å². The third-order valence-electron chi connectivity index (χ3n) is 3.61. The number of furan rings is 1. The molecule has 0 atom stereocenters. The molecule has 23 heavy (non-hydrogen) atoms. The molecular formula is C19H17Cl2NO. The highest BCUT2D eigenvalue weighted by Gasteiger charge is 2.05. The lowest BCUT2D eigenvalue weighted by molar-refractivity contribution is 0.495. The van der Waals surface area contributed by atoms with Gasteiger partial charge in [0.1, 0.15) is 11.5 Å². The lowest BCUT2D eigenvalue weighted by atomic mass is 10.1. The Kier molecular flexibility index (Phi) is 5.39. The highest BCUT2D eigenvalue weighted by atomic mass is 35.5. The zero-order valence-corrected chi connectivity index (χ0v) is 14.1. The fourth-order valence-corrected chi connectivity index (χ4v) is 2.89. The van der Waals surface area contributed by atoms with E-state index in [1.54, 1.807) is 6.07 Å². The van der Waals surface area contributed by atoms with Crippen LogP contribution in [0.3, 0.4) is 0 Å². The van der Waals surface area contributed by atoms with E-state index in [1.807, 2.05) is 54.6 Å². The fourth-order valence-electron chi connectivity index (χ4n) is 2.39. The number of hydrogen-bond acceptors (Lipinski definition) is 2. The van der Waals surface area contributed by atoms with Crippen LogP contribution in [-0.4, -0.2) is 6.54 Å². The molecule has 0 aliphatic carbocycles. The Bertz CT molecular complexity index is 768. The minimum atomic E-state index is 0.663. The van der Waals surface area contributed by atoms with Crippen LogP contribution in [0.1, 0.15) is 11.3 Å². The smallest absolute Gasteiger partial charge is 0.134 e. The molecule has 0 unspecified atom stereocenters. The second-order valence-electron chi connectivity index (χ2n) is 5.29. The number of rotatable bonds is 6. The summed E-state index contributed by atoms with van der Waals surface area (Å²) in [6.45, 7) is 1.51. The minimum Gasteiger partial charge on any atom is -0.460 e. The van der Waals surface area contributed by atoms with Crippen molar-refractivity contribution in [3.05, 3.63) is 82.0 Å². The topological polar surface area (TPSA) is 25.2 Å². The Morgan fingerprint density at radius 1 is 0.913 bits per heavy atom. The maximum atomic E-state index is 6.17. The Morgan fingerprint density at radius 2 is 1.74 bits per heavy atom. The first kappa shape index (κ1) is 16.1. The highest BCUT2D eigenvalue weighted by molar-refractivity contribution is 6.35. The predicted octanol–water partition coefficient (Wildman–Crippen LogP) is 5.59. The molecule has 0 spiro atoms. The van der Waals surface area contributed by atoms with Gasteiger partial charge in [-0.05, 0) is 42.8 Å². The molecule has 0 saturated heterocycles. The van der Waals surface area contributed by atoms with E-state index in [0.29, 0.717) is 16.6 Å². The highest BCUT2D eigenvalue weighted by Crippen LogP contribution is 2.22. The average molecular weight is 346 g/mol. The monoisotopic (exact) mass is 345 g/mol. The predicted molar refractivity (Wildman–Crippen MR) is 96.0 cm³/mol. The van der Waals surface area contributed by atoms with E-state index in [-0.39, 0.29) is 0 Å². The normalized spacial score (nSPS) is 10.9. The Balaban J connectivity index is 1.50. The molecule has 3 aromatic rings. The molecule has 1 heterocycles. The molecule has 3 rings (SSSR count). The summed E-state index contributed by atoms with van der Waals surface area (Å²) in [5.41, 5.74) is 2.18. The van der Waals surface area contributed by atoms with E-state index in [0.717, 1.165) is 35.6 Å². The van der Waals surface area contributed by atoms with Crippen LogP contribution in [0.2, 0.25) is 10.0 Å². The summed E-state index contributed by atoms with van der Waals surface area (Å²) in [7, 11) is 0. The van der Waals surface area contributed by atoms with Gasteiger partial charge < -0.3 is 9.73 Å². The molecule has 2 nitrogen and oxygen atoms in total. The molecule has 0 fully saturated rings. The number of hydrogen-bond donors (Lipinski definition) is 1. The van der Waals surface area contributed by atoms with Crippen molar-refractivity contribution in [2.24, 2.45) is 0 Å². The van der Waals surface area contributed by atoms with Crippen molar-refractivity contribution in [3.63, 3.8) is 0 Å². The van der Waals surface area contributed by atoms with Crippen molar-refractivity contribution in [1.29, 1.82) is 0 Å². The first-order chi connectivity index (χ1) is 11.2. The first-order valence-corrected chi connectivity index (χ1v) is 8.27. The van der Waals surface area contributed by atoms with Crippen LogP contribution in [0, 0.1) is 0 Å². The summed E-state index contributed by atoms with van der Waals surface area (Å²) in [5, 5.41) is 4.75. The summed E-state index contributed by atoms with van der Waals surface area (Å²) in [6, 6.07) is 19.7. The molecule has 0 aliphatic rings. The average Bonchev–Trinajstić information content (AvgIpc) is 3.03. The molecule has 0 saturated carbocycles. The molecule has 1 aromatic heterocycles. The summed E-state index contributed by atoms with van der Waals surface area (Å²) in [6.07, 6.45) is 0.849. The van der Waals surface area contributed by atoms with E-state index in [2.05, 4.69) is 5.32 Å². The van der Waals surface area contributed by atoms with Crippen molar-refractivity contribution < 1.29 is 4.42 Å². The molecule has 0 radical (unpaired) electrons. The maximum Gasteiger partial charge on any atom is 0.134 e. The summed E-state index contributed by atoms with van der Waals surface area (Å²) in [5.74, 6) is 1.81. The molecule has 1 N–H and O–H groups in total. The van der Waals surface area contributed by atoms with Gasteiger partial charge in [-0.1, -0.05) is 59.6 Å². The molecule has 4 heteroatoms. The summed E-state index contributed by atoms with van der Waals surface area (Å²) in [4.78, 5) is 0. The zero-order valence-electron chi connectivity index (χ0n) is 12.6. The largest absolute Gasteiger partial charge is 0.460 e. The molecule has 0 aliphatic heterocycles. The van der Waals surface area contributed by atoms with Gasteiger partial charge in [-0.2, -0.15) is 0 Å². The van der Waals surface area contributed by atoms with Crippen LogP contribution < -0.4 is 5.32 Å². The van der Waals surface area contributed by atoms with Crippen molar-refractivity contribution in [1.82, 2.24) is 5.32 Å². The summed E-state index contributed by atoms with van der Waals surface area (Å²) < 4.78 is 5.86. The van der Waals surface area contributed by atoms with Gasteiger partial charge in [0.15, 0.2) is 0 Å². The van der Waals surface area contributed by atoms with Crippen molar-refractivity contribution >= 4 is 23.2 Å². The minimum absolute atomic E-state index is 0.663. The zero-order chi connectivity index (χ0) is 16.1. The Hall–Kier alpha value is -1.74. The SMILES string of the molecule is Clc1ccc(CCNCc2ccc(-c3ccccc3)o2)c(Cl)c1. The maximum absolute atomic E-state index is 6.17.